The molecular formula is C12H18FIN2O. The van der Waals surface area contributed by atoms with Crippen molar-refractivity contribution in [1.82, 2.24) is 0 Å². The second-order valence-electron chi connectivity index (χ2n) is 4.52. The van der Waals surface area contributed by atoms with Crippen LogP contribution in [0, 0.1) is 15.3 Å². The summed E-state index contributed by atoms with van der Waals surface area (Å²) in [5.41, 5.74) is 6.79. The quantitative estimate of drug-likeness (QED) is 0.564. The van der Waals surface area contributed by atoms with Crippen LogP contribution in [-0.4, -0.2) is 17.8 Å². The Morgan fingerprint density at radius 3 is 2.71 bits per heavy atom. The van der Waals surface area contributed by atoms with Gasteiger partial charge in [-0.05, 0) is 41.0 Å². The maximum atomic E-state index is 13.3. The van der Waals surface area contributed by atoms with Crippen molar-refractivity contribution in [3.8, 4) is 0 Å². The Hall–Kier alpha value is -0.560. The molecule has 4 N–H and O–H groups in total. The molecule has 0 bridgehead atoms. The van der Waals surface area contributed by atoms with Crippen LogP contribution in [0.4, 0.5) is 15.8 Å². The number of rotatable bonds is 5. The lowest BCUT2D eigenvalue weighted by Crippen LogP contribution is -2.21. The first-order valence-corrected chi connectivity index (χ1v) is 6.64. The summed E-state index contributed by atoms with van der Waals surface area (Å²) in [6.07, 6.45) is 0.261. The van der Waals surface area contributed by atoms with Crippen molar-refractivity contribution < 1.29 is 9.50 Å². The summed E-state index contributed by atoms with van der Waals surface area (Å²) in [6.45, 7) is 4.46. The van der Waals surface area contributed by atoms with E-state index in [1.54, 1.807) is 6.07 Å². The number of anilines is 2. The van der Waals surface area contributed by atoms with Crippen molar-refractivity contribution in [1.29, 1.82) is 0 Å². The van der Waals surface area contributed by atoms with E-state index in [2.05, 4.69) is 5.32 Å². The molecule has 17 heavy (non-hydrogen) atoms. The fraction of sp³-hybridized carbons (Fsp3) is 0.500. The third-order valence-corrected chi connectivity index (χ3v) is 3.19. The normalized spacial score (nSPS) is 12.8. The molecule has 1 atom stereocenters. The van der Waals surface area contributed by atoms with Crippen LogP contribution in [0.2, 0.25) is 0 Å². The molecule has 0 radical (unpaired) electrons. The van der Waals surface area contributed by atoms with Crippen molar-refractivity contribution in [3.05, 3.63) is 21.5 Å². The standard InChI is InChI=1S/C12H18FIN2O/c1-7(2)3-8(17)6-16-12-4-9(13)10(14)5-11(12)15/h4-5,7-8,16-17H,3,6,15H2,1-2H3. The number of hydrogen-bond acceptors (Lipinski definition) is 3. The van der Waals surface area contributed by atoms with Gasteiger partial charge >= 0.3 is 0 Å². The van der Waals surface area contributed by atoms with Crippen LogP contribution < -0.4 is 11.1 Å². The zero-order valence-electron chi connectivity index (χ0n) is 10.0. The molecule has 1 aromatic carbocycles. The number of nitrogen functional groups attached to an aromatic ring is 1. The highest BCUT2D eigenvalue weighted by Gasteiger charge is 2.09. The number of aliphatic hydroxyl groups is 1. The lowest BCUT2D eigenvalue weighted by Gasteiger charge is -2.16. The maximum absolute atomic E-state index is 13.3. The molecule has 0 aliphatic carbocycles. The number of nitrogens with two attached hydrogens (primary N) is 1. The second kappa shape index (κ2) is 6.39. The summed E-state index contributed by atoms with van der Waals surface area (Å²) in [5.74, 6) is 0.123. The largest absolute Gasteiger partial charge is 0.397 e. The highest BCUT2D eigenvalue weighted by molar-refractivity contribution is 14.1. The van der Waals surface area contributed by atoms with E-state index in [9.17, 15) is 9.50 Å². The molecular weight excluding hydrogens is 334 g/mol. The predicted octanol–water partition coefficient (Wildman–Crippen LogP) is 2.83. The number of aliphatic hydroxyl groups excluding tert-OH is 1. The van der Waals surface area contributed by atoms with Gasteiger partial charge in [-0.1, -0.05) is 13.8 Å². The minimum Gasteiger partial charge on any atom is -0.397 e. The topological polar surface area (TPSA) is 58.3 Å². The molecule has 1 rings (SSSR count). The molecule has 0 saturated heterocycles. The molecule has 0 amide bonds. The van der Waals surface area contributed by atoms with E-state index in [1.807, 2.05) is 36.4 Å². The lowest BCUT2D eigenvalue weighted by molar-refractivity contribution is 0.161. The van der Waals surface area contributed by atoms with Crippen LogP contribution in [0.5, 0.6) is 0 Å². The van der Waals surface area contributed by atoms with Crippen molar-refractivity contribution in [2.45, 2.75) is 26.4 Å². The average molecular weight is 352 g/mol. The summed E-state index contributed by atoms with van der Waals surface area (Å²) in [7, 11) is 0. The molecule has 0 spiro atoms. The predicted molar refractivity (Wildman–Crippen MR) is 77.5 cm³/mol. The van der Waals surface area contributed by atoms with E-state index in [0.717, 1.165) is 0 Å². The van der Waals surface area contributed by atoms with Gasteiger partial charge in [0.25, 0.3) is 0 Å². The Balaban J connectivity index is 2.60. The molecule has 1 unspecified atom stereocenters. The fourth-order valence-corrected chi connectivity index (χ4v) is 2.06. The average Bonchev–Trinajstić information content (AvgIpc) is 2.20. The Morgan fingerprint density at radius 1 is 1.47 bits per heavy atom. The van der Waals surface area contributed by atoms with Crippen LogP contribution in [0.15, 0.2) is 12.1 Å². The molecule has 0 heterocycles. The minimum atomic E-state index is -0.447. The zero-order valence-corrected chi connectivity index (χ0v) is 12.2. The number of hydrogen-bond donors (Lipinski definition) is 3. The van der Waals surface area contributed by atoms with Gasteiger partial charge < -0.3 is 16.2 Å². The lowest BCUT2D eigenvalue weighted by atomic mass is 10.1. The van der Waals surface area contributed by atoms with Gasteiger partial charge in [-0.15, -0.1) is 0 Å². The third-order valence-electron chi connectivity index (χ3n) is 2.36. The van der Waals surface area contributed by atoms with Crippen LogP contribution in [0.25, 0.3) is 0 Å². The number of nitrogens with one attached hydrogen (secondary N) is 1. The zero-order chi connectivity index (χ0) is 13.0. The summed E-state index contributed by atoms with van der Waals surface area (Å²) >= 11 is 1.89. The second-order valence-corrected chi connectivity index (χ2v) is 5.68. The van der Waals surface area contributed by atoms with Crippen molar-refractivity contribution >= 4 is 34.0 Å². The van der Waals surface area contributed by atoms with E-state index in [4.69, 9.17) is 5.73 Å². The minimum absolute atomic E-state index is 0.305. The molecule has 0 fully saturated rings. The van der Waals surface area contributed by atoms with E-state index in [1.165, 1.54) is 6.07 Å². The van der Waals surface area contributed by atoms with E-state index in [-0.39, 0.29) is 5.82 Å². The van der Waals surface area contributed by atoms with Crippen molar-refractivity contribution in [2.24, 2.45) is 5.92 Å². The third kappa shape index (κ3) is 4.67. The molecule has 96 valence electrons. The fourth-order valence-electron chi connectivity index (χ4n) is 1.57. The Labute approximate surface area is 115 Å². The van der Waals surface area contributed by atoms with E-state index >= 15 is 0 Å². The van der Waals surface area contributed by atoms with Gasteiger partial charge in [0.1, 0.15) is 5.82 Å². The van der Waals surface area contributed by atoms with Gasteiger partial charge in [-0.25, -0.2) is 4.39 Å². The summed E-state index contributed by atoms with van der Waals surface area (Å²) in [5, 5.41) is 12.7. The monoisotopic (exact) mass is 352 g/mol. The molecule has 0 aromatic heterocycles. The van der Waals surface area contributed by atoms with Crippen LogP contribution >= 0.6 is 22.6 Å². The maximum Gasteiger partial charge on any atom is 0.138 e. The van der Waals surface area contributed by atoms with Gasteiger partial charge in [-0.3, -0.25) is 0 Å². The van der Waals surface area contributed by atoms with Crippen LogP contribution in [0.1, 0.15) is 20.3 Å². The van der Waals surface area contributed by atoms with Gasteiger partial charge in [-0.2, -0.15) is 0 Å². The number of benzene rings is 1. The van der Waals surface area contributed by atoms with Gasteiger partial charge in [0, 0.05) is 12.6 Å². The Bertz CT molecular complexity index is 385. The van der Waals surface area contributed by atoms with E-state index in [0.29, 0.717) is 33.8 Å². The van der Waals surface area contributed by atoms with Crippen molar-refractivity contribution in [3.63, 3.8) is 0 Å². The smallest absolute Gasteiger partial charge is 0.138 e. The molecule has 0 aliphatic heterocycles. The molecule has 0 saturated carbocycles. The van der Waals surface area contributed by atoms with Gasteiger partial charge in [0.05, 0.1) is 21.0 Å². The van der Waals surface area contributed by atoms with Crippen LogP contribution in [-0.2, 0) is 0 Å². The van der Waals surface area contributed by atoms with Gasteiger partial charge in [0.15, 0.2) is 0 Å². The highest BCUT2D eigenvalue weighted by atomic mass is 127. The number of halogens is 2. The van der Waals surface area contributed by atoms with Crippen LogP contribution in [0.3, 0.4) is 0 Å². The first-order valence-electron chi connectivity index (χ1n) is 5.56. The first-order chi connectivity index (χ1) is 7.90. The van der Waals surface area contributed by atoms with E-state index < -0.39 is 6.10 Å². The van der Waals surface area contributed by atoms with Gasteiger partial charge in [0.2, 0.25) is 0 Å². The van der Waals surface area contributed by atoms with Crippen molar-refractivity contribution in [2.75, 3.05) is 17.6 Å². The molecule has 0 aliphatic rings. The molecule has 5 heteroatoms. The summed E-state index contributed by atoms with van der Waals surface area (Å²) < 4.78 is 13.8. The molecule has 3 nitrogen and oxygen atoms in total. The summed E-state index contributed by atoms with van der Waals surface area (Å²) in [6, 6.07) is 2.94. The summed E-state index contributed by atoms with van der Waals surface area (Å²) in [4.78, 5) is 0. The molecule has 1 aromatic rings. The first kappa shape index (κ1) is 14.5. The Kier molecular flexibility index (Phi) is 5.45. The Morgan fingerprint density at radius 2 is 2.12 bits per heavy atom. The highest BCUT2D eigenvalue weighted by Crippen LogP contribution is 2.24. The SMILES string of the molecule is CC(C)CC(O)CNc1cc(F)c(I)cc1N.